The number of ether oxygens (including phenoxy) is 2. The van der Waals surface area contributed by atoms with Crippen LogP contribution in [0.4, 0.5) is 0 Å². The van der Waals surface area contributed by atoms with Crippen molar-refractivity contribution in [3.8, 4) is 6.07 Å². The molecule has 0 radical (unpaired) electrons. The van der Waals surface area contributed by atoms with Gasteiger partial charge in [0.1, 0.15) is 60.5 Å². The molecule has 4 unspecified atom stereocenters. The molecule has 0 aliphatic carbocycles. The van der Waals surface area contributed by atoms with E-state index >= 15 is 19.2 Å². The van der Waals surface area contributed by atoms with Crippen molar-refractivity contribution in [2.75, 3.05) is 88.3 Å². The maximum atomic E-state index is 15.2. The highest BCUT2D eigenvalue weighted by Gasteiger charge is 2.55. The van der Waals surface area contributed by atoms with Gasteiger partial charge in [-0.1, -0.05) is 95.9 Å². The number of likely N-dealkylation sites (N-methyl/N-ethyl adjacent to an activating group) is 6. The lowest BCUT2D eigenvalue weighted by molar-refractivity contribution is -0.322. The summed E-state index contributed by atoms with van der Waals surface area (Å²) in [5, 5.41) is 21.2. The average molecular weight is 1360 g/mol. The highest BCUT2D eigenvalue weighted by molar-refractivity contribution is 6.00. The first-order chi connectivity index (χ1) is 45.0. The summed E-state index contributed by atoms with van der Waals surface area (Å²) in [6.07, 6.45) is 3.07. The number of nitrogens with zero attached hydrogens (tertiary/aromatic N) is 9. The fraction of sp³-hybridized carbons (Fsp3) is 0.826. The molecule has 3 aliphatic heterocycles. The molecule has 3 fully saturated rings. The zero-order valence-electron chi connectivity index (χ0n) is 61.9. The van der Waals surface area contributed by atoms with E-state index in [-0.39, 0.29) is 56.0 Å². The highest BCUT2D eigenvalue weighted by Crippen LogP contribution is 2.34. The molecule has 27 nitrogen and oxygen atoms in total. The number of nitrogens with one attached hydrogen (secondary N) is 4. The van der Waals surface area contributed by atoms with Gasteiger partial charge in [0.05, 0.1) is 31.9 Å². The molecule has 0 aromatic rings. The van der Waals surface area contributed by atoms with Gasteiger partial charge in [0.2, 0.25) is 59.1 Å². The van der Waals surface area contributed by atoms with Gasteiger partial charge >= 0.3 is 0 Å². The Morgan fingerprint density at radius 3 is 1.66 bits per heavy atom. The maximum Gasteiger partial charge on any atom is 0.270 e. The second kappa shape index (κ2) is 39.8. The molecule has 0 aromatic heterocycles. The topological polar surface area (TPSA) is 313 Å². The standard InChI is InChI=1S/C69H121N13O14/c1-22-50-65(89)75(16)48(14)64(88)80(21)57(49(15)95-34-28-27-31-81-32-35-94-36-33-81)62(86)74-55(44(8)9)68(92)77(18)51(37-41(2)3)61(85)72-47(13)60(84)71-40-54(83)76(17)52(38-42(4)5)66(90)78(19)53(39-43(6)7)67(91)79(20)56(45(10)11)69(93)82-58(63(87)73-50)59(96-82)46(12)29-25-23-24-26-30-70/h41-53,55-59H,22-29,31-40H2,1-21H3,(H,71,84)(H,72,85)(H,73,87)(H,74,86)/t46-,47+,48-,49-,50?,51+,52?,53+,55+,56?,57?,58+,59-/m1/s1. The van der Waals surface area contributed by atoms with Crippen molar-refractivity contribution in [2.45, 2.75) is 247 Å². The van der Waals surface area contributed by atoms with Gasteiger partial charge in [0, 0.05) is 68.4 Å². The van der Waals surface area contributed by atoms with Crippen LogP contribution in [-0.4, -0.2) is 265 Å². The van der Waals surface area contributed by atoms with E-state index < -0.39 is 156 Å². The van der Waals surface area contributed by atoms with E-state index in [1.807, 2.05) is 48.5 Å². The molecule has 0 spiro atoms. The van der Waals surface area contributed by atoms with Gasteiger partial charge in [-0.2, -0.15) is 5.26 Å². The number of nitriles is 1. The normalized spacial score (nSPS) is 27.3. The number of fused-ring (bicyclic) bond motifs is 1. The first-order valence-electron chi connectivity index (χ1n) is 35.0. The number of hydrogen-bond acceptors (Lipinski definition) is 16. The monoisotopic (exact) mass is 1360 g/mol. The molecule has 0 saturated carbocycles. The molecule has 4 N–H and O–H groups in total. The summed E-state index contributed by atoms with van der Waals surface area (Å²) >= 11 is 0. The lowest BCUT2D eigenvalue weighted by Crippen LogP contribution is -2.72. The molecule has 3 saturated heterocycles. The van der Waals surface area contributed by atoms with Crippen LogP contribution in [0.2, 0.25) is 0 Å². The zero-order chi connectivity index (χ0) is 72.7. The van der Waals surface area contributed by atoms with Gasteiger partial charge < -0.3 is 60.1 Å². The summed E-state index contributed by atoms with van der Waals surface area (Å²) < 4.78 is 11.9. The van der Waals surface area contributed by atoms with Gasteiger partial charge in [-0.05, 0) is 114 Å². The van der Waals surface area contributed by atoms with Crippen molar-refractivity contribution < 1.29 is 67.1 Å². The van der Waals surface area contributed by atoms with E-state index in [0.717, 1.165) is 37.5 Å². The molecule has 27 heteroatoms. The van der Waals surface area contributed by atoms with E-state index in [2.05, 4.69) is 32.2 Å². The summed E-state index contributed by atoms with van der Waals surface area (Å²) in [7, 11) is 8.61. The van der Waals surface area contributed by atoms with Crippen LogP contribution in [0.3, 0.4) is 0 Å². The van der Waals surface area contributed by atoms with Gasteiger partial charge in [-0.25, -0.2) is 5.06 Å². The van der Waals surface area contributed by atoms with E-state index in [0.29, 0.717) is 45.3 Å². The molecule has 546 valence electrons. The van der Waals surface area contributed by atoms with E-state index in [1.165, 1.54) is 85.5 Å². The Kier molecular flexibility index (Phi) is 34.7. The SMILES string of the molecule is CCC1NC(=O)[C@@H]2[C@@H]([C@H](C)CCCCCC#N)ON2C(=O)C(C(C)C)N(C)C(=O)[C@H](CC(C)C)N(C)C(=O)C(CC(C)C)N(C)C(=O)CNC(=O)[C@H](C)NC(=O)[C@H](CC(C)C)N(C)C(=O)[C@H](C(C)C)NC(=O)C([C@@H](C)OCCCCN2CCOCC2)N(C)C(=O)[C@@H](C)N(C)C1=O. The Balaban J connectivity index is 2.27. The predicted molar refractivity (Wildman–Crippen MR) is 363 cm³/mol. The third-order valence-corrected chi connectivity index (χ3v) is 18.9. The number of hydroxylamine groups is 2. The highest BCUT2D eigenvalue weighted by atomic mass is 16.7. The maximum absolute atomic E-state index is 15.2. The lowest BCUT2D eigenvalue weighted by atomic mass is 9.88. The number of carbonyl (C=O) groups excluding carboxylic acids is 11. The van der Waals surface area contributed by atoms with Crippen LogP contribution in [-0.2, 0) is 67.1 Å². The molecule has 0 bridgehead atoms. The van der Waals surface area contributed by atoms with Crippen molar-refractivity contribution in [2.24, 2.45) is 35.5 Å². The molecule has 3 aliphatic rings. The van der Waals surface area contributed by atoms with Gasteiger partial charge in [0.25, 0.3) is 5.91 Å². The van der Waals surface area contributed by atoms with Gasteiger partial charge in [-0.3, -0.25) is 62.5 Å². The van der Waals surface area contributed by atoms with Crippen molar-refractivity contribution in [1.29, 1.82) is 5.26 Å². The largest absolute Gasteiger partial charge is 0.379 e. The van der Waals surface area contributed by atoms with E-state index in [1.54, 1.807) is 41.5 Å². The number of amides is 11. The summed E-state index contributed by atoms with van der Waals surface area (Å²) in [4.78, 5) is 179. The molecular weight excluding hydrogens is 1230 g/mol. The molecule has 96 heavy (non-hydrogen) atoms. The van der Waals surface area contributed by atoms with Crippen molar-refractivity contribution >= 4 is 65.0 Å². The van der Waals surface area contributed by atoms with Crippen LogP contribution in [0.25, 0.3) is 0 Å². The van der Waals surface area contributed by atoms with Crippen molar-refractivity contribution in [1.82, 2.24) is 60.6 Å². The minimum absolute atomic E-state index is 0.0395. The summed E-state index contributed by atoms with van der Waals surface area (Å²) in [5.74, 6) is -9.38. The van der Waals surface area contributed by atoms with Crippen LogP contribution in [0.5, 0.6) is 0 Å². The van der Waals surface area contributed by atoms with E-state index in [9.17, 15) is 38.8 Å². The number of carbonyl (C=O) groups is 11. The third-order valence-electron chi connectivity index (χ3n) is 18.9. The lowest BCUT2D eigenvalue weighted by Gasteiger charge is -2.50. The second-order valence-corrected chi connectivity index (χ2v) is 28.8. The molecule has 11 amide bonds. The van der Waals surface area contributed by atoms with Crippen LogP contribution < -0.4 is 21.3 Å². The van der Waals surface area contributed by atoms with Crippen LogP contribution in [0.1, 0.15) is 174 Å². The van der Waals surface area contributed by atoms with Crippen LogP contribution >= 0.6 is 0 Å². The molecule has 3 rings (SSSR count). The molecule has 13 atom stereocenters. The first kappa shape index (κ1) is 83.7. The Bertz CT molecular complexity index is 2650. The Hall–Kier alpha value is -6.50. The summed E-state index contributed by atoms with van der Waals surface area (Å²) in [6.45, 7) is 29.6. The zero-order valence-corrected chi connectivity index (χ0v) is 61.9. The fourth-order valence-electron chi connectivity index (χ4n) is 12.7. The Labute approximate surface area is 572 Å². The number of rotatable bonds is 22. The van der Waals surface area contributed by atoms with Crippen molar-refractivity contribution in [3.63, 3.8) is 0 Å². The molecule has 3 heterocycles. The summed E-state index contributed by atoms with van der Waals surface area (Å²) in [5.41, 5.74) is 0. The van der Waals surface area contributed by atoms with Crippen LogP contribution in [0.15, 0.2) is 0 Å². The molecular formula is C69H121N13O14. The Morgan fingerprint density at radius 1 is 0.552 bits per heavy atom. The minimum atomic E-state index is -1.39. The third kappa shape index (κ3) is 23.3. The quantitative estimate of drug-likeness (QED) is 0.113. The first-order valence-corrected chi connectivity index (χ1v) is 35.0. The number of morpholine rings is 1. The van der Waals surface area contributed by atoms with Crippen LogP contribution in [0, 0.1) is 46.8 Å². The van der Waals surface area contributed by atoms with Crippen molar-refractivity contribution in [3.05, 3.63) is 0 Å². The van der Waals surface area contributed by atoms with Gasteiger partial charge in [0.15, 0.2) is 6.04 Å². The number of unbranched alkanes of at least 4 members (excludes halogenated alkanes) is 4. The fourth-order valence-corrected chi connectivity index (χ4v) is 12.7. The second-order valence-electron chi connectivity index (χ2n) is 28.8. The average Bonchev–Trinajstić information content (AvgIpc) is 0.755. The van der Waals surface area contributed by atoms with Gasteiger partial charge in [-0.15, -0.1) is 0 Å². The summed E-state index contributed by atoms with van der Waals surface area (Å²) in [6, 6.07) is -10.2. The minimum Gasteiger partial charge on any atom is -0.379 e. The Morgan fingerprint density at radius 2 is 1.10 bits per heavy atom. The van der Waals surface area contributed by atoms with E-state index in [4.69, 9.17) is 14.3 Å². The molecule has 0 aromatic carbocycles. The number of hydrogen-bond donors (Lipinski definition) is 4. The predicted octanol–water partition coefficient (Wildman–Crippen LogP) is 3.57. The smallest absolute Gasteiger partial charge is 0.270 e.